The molecular weight excluding hydrogens is 188 g/mol. The summed E-state index contributed by atoms with van der Waals surface area (Å²) < 4.78 is 4.99. The van der Waals surface area contributed by atoms with Crippen molar-refractivity contribution >= 4 is 17.7 Å². The standard InChI is InChI=1S/C9H10O3S/c1-12-7-3-2-4-8(5-7)13-6-9(10)11/h2-5H,6H2,1H3,(H,10,11)/p-1. The Morgan fingerprint density at radius 1 is 1.62 bits per heavy atom. The number of ether oxygens (including phenoxy) is 1. The minimum Gasteiger partial charge on any atom is -0.549 e. The summed E-state index contributed by atoms with van der Waals surface area (Å²) in [5.41, 5.74) is 0. The highest BCUT2D eigenvalue weighted by molar-refractivity contribution is 8.00. The van der Waals surface area contributed by atoms with E-state index in [2.05, 4.69) is 0 Å². The van der Waals surface area contributed by atoms with Crippen molar-refractivity contribution in [2.75, 3.05) is 12.9 Å². The Bertz CT molecular complexity index is 299. The fourth-order valence-corrected chi connectivity index (χ4v) is 1.49. The van der Waals surface area contributed by atoms with E-state index in [4.69, 9.17) is 4.74 Å². The van der Waals surface area contributed by atoms with Crippen LogP contribution in [0.2, 0.25) is 0 Å². The van der Waals surface area contributed by atoms with E-state index in [-0.39, 0.29) is 5.75 Å². The number of thioether (sulfide) groups is 1. The predicted molar refractivity (Wildman–Crippen MR) is 48.7 cm³/mol. The fraction of sp³-hybridized carbons (Fsp3) is 0.222. The molecule has 0 unspecified atom stereocenters. The first kappa shape index (κ1) is 9.92. The van der Waals surface area contributed by atoms with Crippen LogP contribution in [-0.4, -0.2) is 18.8 Å². The number of carbonyl (C=O) groups is 1. The second-order valence-electron chi connectivity index (χ2n) is 2.34. The number of benzene rings is 1. The third kappa shape index (κ3) is 3.38. The summed E-state index contributed by atoms with van der Waals surface area (Å²) in [5, 5.41) is 10.2. The summed E-state index contributed by atoms with van der Waals surface area (Å²) in [4.78, 5) is 11.0. The van der Waals surface area contributed by atoms with Gasteiger partial charge in [0.05, 0.1) is 13.1 Å². The van der Waals surface area contributed by atoms with Gasteiger partial charge in [-0.1, -0.05) is 6.07 Å². The highest BCUT2D eigenvalue weighted by atomic mass is 32.2. The highest BCUT2D eigenvalue weighted by Gasteiger charge is 1.96. The van der Waals surface area contributed by atoms with Gasteiger partial charge in [-0.15, -0.1) is 11.8 Å². The van der Waals surface area contributed by atoms with Crippen LogP contribution in [-0.2, 0) is 4.79 Å². The maximum atomic E-state index is 10.2. The molecule has 0 atom stereocenters. The lowest BCUT2D eigenvalue weighted by Gasteiger charge is -2.04. The third-order valence-corrected chi connectivity index (χ3v) is 2.37. The zero-order valence-electron chi connectivity index (χ0n) is 7.15. The molecule has 4 heteroatoms. The van der Waals surface area contributed by atoms with Gasteiger partial charge in [-0.2, -0.15) is 0 Å². The van der Waals surface area contributed by atoms with E-state index in [1.54, 1.807) is 13.2 Å². The maximum Gasteiger partial charge on any atom is 0.119 e. The molecule has 0 saturated heterocycles. The van der Waals surface area contributed by atoms with Crippen LogP contribution < -0.4 is 9.84 Å². The van der Waals surface area contributed by atoms with Crippen molar-refractivity contribution < 1.29 is 14.6 Å². The Kier molecular flexibility index (Phi) is 3.64. The van der Waals surface area contributed by atoms with E-state index >= 15 is 0 Å². The molecular formula is C9H9O3S-. The molecule has 1 aromatic rings. The molecule has 0 radical (unpaired) electrons. The number of carbonyl (C=O) groups excluding carboxylic acids is 1. The number of hydrogen-bond acceptors (Lipinski definition) is 4. The van der Waals surface area contributed by atoms with E-state index in [0.29, 0.717) is 0 Å². The molecule has 0 spiro atoms. The molecule has 1 aromatic carbocycles. The quantitative estimate of drug-likeness (QED) is 0.661. The van der Waals surface area contributed by atoms with Gasteiger partial charge < -0.3 is 14.6 Å². The van der Waals surface area contributed by atoms with Gasteiger partial charge in [0.1, 0.15) is 5.75 Å². The second kappa shape index (κ2) is 4.77. The van der Waals surface area contributed by atoms with E-state index in [0.717, 1.165) is 10.6 Å². The molecule has 13 heavy (non-hydrogen) atoms. The Hall–Kier alpha value is -1.16. The lowest BCUT2D eigenvalue weighted by atomic mass is 10.3. The van der Waals surface area contributed by atoms with Gasteiger partial charge in [0.25, 0.3) is 0 Å². The first-order valence-corrected chi connectivity index (χ1v) is 4.67. The van der Waals surface area contributed by atoms with Crippen molar-refractivity contribution in [2.45, 2.75) is 4.90 Å². The summed E-state index contributed by atoms with van der Waals surface area (Å²) >= 11 is 1.22. The fourth-order valence-electron chi connectivity index (χ4n) is 0.833. The summed E-state index contributed by atoms with van der Waals surface area (Å²) in [5.74, 6) is -0.371. The van der Waals surface area contributed by atoms with Gasteiger partial charge in [-0.05, 0) is 18.2 Å². The van der Waals surface area contributed by atoms with Crippen LogP contribution in [0, 0.1) is 0 Å². The summed E-state index contributed by atoms with van der Waals surface area (Å²) in [6.45, 7) is 0. The number of methoxy groups -OCH3 is 1. The zero-order valence-corrected chi connectivity index (χ0v) is 7.97. The minimum absolute atomic E-state index is 0.0346. The van der Waals surface area contributed by atoms with Crippen LogP contribution >= 0.6 is 11.8 Å². The monoisotopic (exact) mass is 197 g/mol. The Balaban J connectivity index is 2.61. The van der Waals surface area contributed by atoms with Gasteiger partial charge in [0, 0.05) is 10.6 Å². The lowest BCUT2D eigenvalue weighted by molar-refractivity contribution is -0.301. The number of aliphatic carboxylic acids is 1. The molecule has 0 bridgehead atoms. The van der Waals surface area contributed by atoms with E-state index in [1.165, 1.54) is 11.8 Å². The number of carboxylic acid groups (broad SMARTS) is 1. The van der Waals surface area contributed by atoms with E-state index < -0.39 is 5.97 Å². The third-order valence-electron chi connectivity index (χ3n) is 1.40. The number of rotatable bonds is 4. The normalized spacial score (nSPS) is 9.62. The molecule has 0 saturated carbocycles. The number of carboxylic acids is 1. The SMILES string of the molecule is COc1cccc(SCC(=O)[O-])c1. The average molecular weight is 197 g/mol. The van der Waals surface area contributed by atoms with Crippen molar-refractivity contribution in [3.63, 3.8) is 0 Å². The Labute approximate surface area is 80.7 Å². The summed E-state index contributed by atoms with van der Waals surface area (Å²) in [6, 6.07) is 7.24. The smallest absolute Gasteiger partial charge is 0.119 e. The van der Waals surface area contributed by atoms with Gasteiger partial charge >= 0.3 is 0 Å². The molecule has 3 nitrogen and oxygen atoms in total. The molecule has 0 aliphatic carbocycles. The summed E-state index contributed by atoms with van der Waals surface area (Å²) in [6.07, 6.45) is 0. The van der Waals surface area contributed by atoms with Crippen molar-refractivity contribution in [2.24, 2.45) is 0 Å². The van der Waals surface area contributed by atoms with Crippen LogP contribution in [0.1, 0.15) is 0 Å². The zero-order chi connectivity index (χ0) is 9.68. The van der Waals surface area contributed by atoms with Crippen molar-refractivity contribution in [3.8, 4) is 5.75 Å². The van der Waals surface area contributed by atoms with Gasteiger partial charge in [0.15, 0.2) is 0 Å². The minimum atomic E-state index is -1.06. The molecule has 1 rings (SSSR count). The van der Waals surface area contributed by atoms with Crippen molar-refractivity contribution in [3.05, 3.63) is 24.3 Å². The summed E-state index contributed by atoms with van der Waals surface area (Å²) in [7, 11) is 1.57. The lowest BCUT2D eigenvalue weighted by Crippen LogP contribution is -2.24. The van der Waals surface area contributed by atoms with Crippen molar-refractivity contribution in [1.29, 1.82) is 0 Å². The number of hydrogen-bond donors (Lipinski definition) is 0. The molecule has 0 aliphatic heterocycles. The first-order chi connectivity index (χ1) is 6.22. The molecule has 0 N–H and O–H groups in total. The Morgan fingerprint density at radius 2 is 2.38 bits per heavy atom. The molecule has 0 aromatic heterocycles. The van der Waals surface area contributed by atoms with Crippen molar-refractivity contribution in [1.82, 2.24) is 0 Å². The predicted octanol–water partition coefficient (Wildman–Crippen LogP) is 0.537. The van der Waals surface area contributed by atoms with Crippen LogP contribution in [0.4, 0.5) is 0 Å². The first-order valence-electron chi connectivity index (χ1n) is 3.69. The van der Waals surface area contributed by atoms with Crippen LogP contribution in [0.25, 0.3) is 0 Å². The average Bonchev–Trinajstić information content (AvgIpc) is 2.15. The topological polar surface area (TPSA) is 49.4 Å². The molecule has 0 fully saturated rings. The van der Waals surface area contributed by atoms with E-state index in [1.807, 2.05) is 18.2 Å². The molecule has 0 aliphatic rings. The maximum absolute atomic E-state index is 10.2. The van der Waals surface area contributed by atoms with Crippen LogP contribution in [0.15, 0.2) is 29.2 Å². The van der Waals surface area contributed by atoms with Gasteiger partial charge in [-0.25, -0.2) is 0 Å². The van der Waals surface area contributed by atoms with Gasteiger partial charge in [0.2, 0.25) is 0 Å². The van der Waals surface area contributed by atoms with Crippen LogP contribution in [0.5, 0.6) is 5.75 Å². The molecule has 0 amide bonds. The molecule has 0 heterocycles. The second-order valence-corrected chi connectivity index (χ2v) is 3.39. The van der Waals surface area contributed by atoms with E-state index in [9.17, 15) is 9.90 Å². The van der Waals surface area contributed by atoms with Gasteiger partial charge in [-0.3, -0.25) is 0 Å². The highest BCUT2D eigenvalue weighted by Crippen LogP contribution is 2.21. The Morgan fingerprint density at radius 3 is 3.00 bits per heavy atom. The van der Waals surface area contributed by atoms with Crippen LogP contribution in [0.3, 0.4) is 0 Å². The largest absolute Gasteiger partial charge is 0.549 e. The molecule has 70 valence electrons.